The first kappa shape index (κ1) is 16.0. The van der Waals surface area contributed by atoms with Crippen molar-refractivity contribution < 1.29 is 13.5 Å². The molecule has 1 atom stereocenters. The minimum atomic E-state index is -2.42. The molecule has 0 bridgehead atoms. The zero-order chi connectivity index (χ0) is 14.3. The molecule has 0 radical (unpaired) electrons. The molecule has 108 valence electrons. The minimum absolute atomic E-state index is 0.0844. The average Bonchev–Trinajstić information content (AvgIpc) is 2.39. The molecule has 3 N–H and O–H groups in total. The van der Waals surface area contributed by atoms with E-state index in [1.807, 2.05) is 12.1 Å². The van der Waals surface area contributed by atoms with Gasteiger partial charge in [0.25, 0.3) is 6.43 Å². The summed E-state index contributed by atoms with van der Waals surface area (Å²) < 4.78 is 28.7. The van der Waals surface area contributed by atoms with Crippen LogP contribution in [0.5, 0.6) is 0 Å². The number of benzene rings is 1. The van der Waals surface area contributed by atoms with Crippen LogP contribution in [0.2, 0.25) is 0 Å². The molecule has 0 saturated carbocycles. The van der Waals surface area contributed by atoms with E-state index < -0.39 is 13.0 Å². The fraction of sp³-hybridized carbons (Fsp3) is 0.571. The van der Waals surface area contributed by atoms with Crippen LogP contribution >= 0.6 is 0 Å². The van der Waals surface area contributed by atoms with Gasteiger partial charge in [0.1, 0.15) is 6.61 Å². The lowest BCUT2D eigenvalue weighted by Crippen LogP contribution is -2.29. The standard InChI is InChI=1S/C14H22F2N2O/c1-10(2)11-3-5-12(6-4-11)13(18-17)7-8-19-9-14(15)16/h3-6,10,13-14,18H,7-9,17H2,1-2H3. The predicted molar refractivity (Wildman–Crippen MR) is 72.0 cm³/mol. The van der Waals surface area contributed by atoms with Gasteiger partial charge in [-0.2, -0.15) is 0 Å². The topological polar surface area (TPSA) is 47.3 Å². The highest BCUT2D eigenvalue weighted by Gasteiger charge is 2.11. The van der Waals surface area contributed by atoms with Crippen LogP contribution in [0.4, 0.5) is 8.78 Å². The molecule has 0 saturated heterocycles. The van der Waals surface area contributed by atoms with Gasteiger partial charge in [-0.3, -0.25) is 11.3 Å². The summed E-state index contributed by atoms with van der Waals surface area (Å²) in [7, 11) is 0. The Hall–Kier alpha value is -1.04. The molecule has 0 aliphatic carbocycles. The summed E-state index contributed by atoms with van der Waals surface area (Å²) in [5, 5.41) is 0. The molecule has 5 heteroatoms. The van der Waals surface area contributed by atoms with Gasteiger partial charge in [0.2, 0.25) is 0 Å². The molecule has 0 aromatic heterocycles. The third kappa shape index (κ3) is 5.63. The van der Waals surface area contributed by atoms with Gasteiger partial charge in [-0.15, -0.1) is 0 Å². The van der Waals surface area contributed by atoms with E-state index in [1.165, 1.54) is 5.56 Å². The summed E-state index contributed by atoms with van der Waals surface area (Å²) in [4.78, 5) is 0. The summed E-state index contributed by atoms with van der Waals surface area (Å²) in [6, 6.07) is 8.05. The Morgan fingerprint density at radius 2 is 1.74 bits per heavy atom. The van der Waals surface area contributed by atoms with Gasteiger partial charge in [0.05, 0.1) is 0 Å². The van der Waals surface area contributed by atoms with E-state index in [-0.39, 0.29) is 12.6 Å². The first-order valence-electron chi connectivity index (χ1n) is 6.46. The van der Waals surface area contributed by atoms with Gasteiger partial charge in [0, 0.05) is 12.6 Å². The number of hydrogen-bond acceptors (Lipinski definition) is 3. The number of nitrogens with one attached hydrogen (secondary N) is 1. The Morgan fingerprint density at radius 3 is 2.21 bits per heavy atom. The Balaban J connectivity index is 2.49. The highest BCUT2D eigenvalue weighted by molar-refractivity contribution is 5.26. The summed E-state index contributed by atoms with van der Waals surface area (Å²) in [5.74, 6) is 5.97. The van der Waals surface area contributed by atoms with Crippen molar-refractivity contribution in [3.05, 3.63) is 35.4 Å². The van der Waals surface area contributed by atoms with Gasteiger partial charge in [-0.25, -0.2) is 8.78 Å². The van der Waals surface area contributed by atoms with Crippen LogP contribution < -0.4 is 11.3 Å². The number of halogens is 2. The molecule has 0 fully saturated rings. The first-order chi connectivity index (χ1) is 9.04. The van der Waals surface area contributed by atoms with Crippen LogP contribution in [-0.2, 0) is 4.74 Å². The highest BCUT2D eigenvalue weighted by atomic mass is 19.3. The Labute approximate surface area is 113 Å². The largest absolute Gasteiger partial charge is 0.375 e. The summed E-state index contributed by atoms with van der Waals surface area (Å²) in [6.45, 7) is 3.99. The number of hydrogen-bond donors (Lipinski definition) is 2. The highest BCUT2D eigenvalue weighted by Crippen LogP contribution is 2.20. The van der Waals surface area contributed by atoms with E-state index >= 15 is 0 Å². The monoisotopic (exact) mass is 272 g/mol. The number of alkyl halides is 2. The molecular formula is C14H22F2N2O. The molecule has 0 heterocycles. The van der Waals surface area contributed by atoms with E-state index in [2.05, 4.69) is 31.4 Å². The zero-order valence-electron chi connectivity index (χ0n) is 11.4. The molecule has 0 aliphatic rings. The molecule has 0 spiro atoms. The van der Waals surface area contributed by atoms with Crippen molar-refractivity contribution in [3.63, 3.8) is 0 Å². The second-order valence-electron chi connectivity index (χ2n) is 4.80. The van der Waals surface area contributed by atoms with Crippen LogP contribution in [-0.4, -0.2) is 19.6 Å². The van der Waals surface area contributed by atoms with Gasteiger partial charge >= 0.3 is 0 Å². The Kier molecular flexibility index (Phi) is 6.91. The molecular weight excluding hydrogens is 250 g/mol. The molecule has 0 amide bonds. The second kappa shape index (κ2) is 8.19. The van der Waals surface area contributed by atoms with Gasteiger partial charge < -0.3 is 4.74 Å². The maximum absolute atomic E-state index is 11.9. The maximum Gasteiger partial charge on any atom is 0.261 e. The lowest BCUT2D eigenvalue weighted by Gasteiger charge is -2.17. The van der Waals surface area contributed by atoms with E-state index in [4.69, 9.17) is 10.6 Å². The SMILES string of the molecule is CC(C)c1ccc(C(CCOCC(F)F)NN)cc1. The van der Waals surface area contributed by atoms with Crippen LogP contribution in [0.25, 0.3) is 0 Å². The molecule has 1 aromatic rings. The Morgan fingerprint density at radius 1 is 1.16 bits per heavy atom. The third-order valence-electron chi connectivity index (χ3n) is 3.00. The second-order valence-corrected chi connectivity index (χ2v) is 4.80. The fourth-order valence-corrected chi connectivity index (χ4v) is 1.83. The number of rotatable bonds is 8. The molecule has 1 aromatic carbocycles. The normalized spacial score (nSPS) is 13.2. The fourth-order valence-electron chi connectivity index (χ4n) is 1.83. The van der Waals surface area contributed by atoms with Crippen LogP contribution in [0, 0.1) is 0 Å². The van der Waals surface area contributed by atoms with Gasteiger partial charge in [-0.1, -0.05) is 38.1 Å². The number of hydrazine groups is 1. The minimum Gasteiger partial charge on any atom is -0.375 e. The van der Waals surface area contributed by atoms with Crippen molar-refractivity contribution in [2.45, 2.75) is 38.7 Å². The molecule has 1 unspecified atom stereocenters. The van der Waals surface area contributed by atoms with Crippen molar-refractivity contribution in [3.8, 4) is 0 Å². The summed E-state index contributed by atoms with van der Waals surface area (Å²) in [6.07, 6.45) is -1.86. The summed E-state index contributed by atoms with van der Waals surface area (Å²) >= 11 is 0. The van der Waals surface area contributed by atoms with Gasteiger partial charge in [-0.05, 0) is 23.5 Å². The van der Waals surface area contributed by atoms with Crippen molar-refractivity contribution in [1.82, 2.24) is 5.43 Å². The predicted octanol–water partition coefficient (Wildman–Crippen LogP) is 2.99. The third-order valence-corrected chi connectivity index (χ3v) is 3.00. The van der Waals surface area contributed by atoms with E-state index in [0.29, 0.717) is 12.3 Å². The Bertz CT molecular complexity index is 355. The molecule has 1 rings (SSSR count). The van der Waals surface area contributed by atoms with E-state index in [0.717, 1.165) is 5.56 Å². The zero-order valence-corrected chi connectivity index (χ0v) is 11.4. The average molecular weight is 272 g/mol. The van der Waals surface area contributed by atoms with Crippen molar-refractivity contribution in [2.24, 2.45) is 5.84 Å². The molecule has 19 heavy (non-hydrogen) atoms. The molecule has 0 aliphatic heterocycles. The van der Waals surface area contributed by atoms with Crippen molar-refractivity contribution >= 4 is 0 Å². The van der Waals surface area contributed by atoms with Crippen LogP contribution in [0.1, 0.15) is 43.4 Å². The number of ether oxygens (including phenoxy) is 1. The van der Waals surface area contributed by atoms with E-state index in [1.54, 1.807) is 0 Å². The quantitative estimate of drug-likeness (QED) is 0.434. The smallest absolute Gasteiger partial charge is 0.261 e. The van der Waals surface area contributed by atoms with E-state index in [9.17, 15) is 8.78 Å². The summed E-state index contributed by atoms with van der Waals surface area (Å²) in [5.41, 5.74) is 4.98. The lowest BCUT2D eigenvalue weighted by molar-refractivity contribution is 0.0143. The van der Waals surface area contributed by atoms with Gasteiger partial charge in [0.15, 0.2) is 0 Å². The van der Waals surface area contributed by atoms with Crippen LogP contribution in [0.15, 0.2) is 24.3 Å². The lowest BCUT2D eigenvalue weighted by atomic mass is 9.98. The van der Waals surface area contributed by atoms with Crippen LogP contribution in [0.3, 0.4) is 0 Å². The first-order valence-corrected chi connectivity index (χ1v) is 6.46. The molecule has 3 nitrogen and oxygen atoms in total. The maximum atomic E-state index is 11.9. The van der Waals surface area contributed by atoms with Crippen molar-refractivity contribution in [1.29, 1.82) is 0 Å². The number of nitrogens with two attached hydrogens (primary N) is 1. The van der Waals surface area contributed by atoms with Crippen molar-refractivity contribution in [2.75, 3.05) is 13.2 Å².